The molecule has 1 aliphatic heterocycles. The van der Waals surface area contributed by atoms with Crippen molar-refractivity contribution in [2.45, 2.75) is 19.3 Å². The summed E-state index contributed by atoms with van der Waals surface area (Å²) >= 11 is 0. The molecule has 1 saturated heterocycles. The highest BCUT2D eigenvalue weighted by Crippen LogP contribution is 2.13. The first-order valence-electron chi connectivity index (χ1n) is 5.45. The molecular weight excluding hydrogens is 190 g/mol. The Bertz CT molecular complexity index is 339. The summed E-state index contributed by atoms with van der Waals surface area (Å²) < 4.78 is 1.74. The fraction of sp³-hybridized carbons (Fsp3) is 0.636. The van der Waals surface area contributed by atoms with Crippen molar-refractivity contribution in [1.82, 2.24) is 15.1 Å². The van der Waals surface area contributed by atoms with Crippen molar-refractivity contribution in [3.63, 3.8) is 0 Å². The maximum absolute atomic E-state index is 11.7. The van der Waals surface area contributed by atoms with Crippen molar-refractivity contribution in [3.8, 4) is 0 Å². The molecule has 0 bridgehead atoms. The topological polar surface area (TPSA) is 46.9 Å². The van der Waals surface area contributed by atoms with E-state index in [4.69, 9.17) is 0 Å². The van der Waals surface area contributed by atoms with Crippen molar-refractivity contribution in [2.75, 3.05) is 13.1 Å². The number of nitrogens with one attached hydrogen (secondary N) is 1. The predicted molar refractivity (Wildman–Crippen MR) is 57.5 cm³/mol. The van der Waals surface area contributed by atoms with Gasteiger partial charge >= 0.3 is 0 Å². The van der Waals surface area contributed by atoms with Crippen molar-refractivity contribution < 1.29 is 4.79 Å². The number of nitrogens with zero attached hydrogens (tertiary/aromatic N) is 2. The zero-order chi connectivity index (χ0) is 10.7. The molecule has 0 spiro atoms. The number of hydrogen-bond acceptors (Lipinski definition) is 3. The van der Waals surface area contributed by atoms with Gasteiger partial charge in [-0.3, -0.25) is 9.48 Å². The van der Waals surface area contributed by atoms with Crippen LogP contribution in [0.5, 0.6) is 0 Å². The molecular formula is C11H17N3O. The molecule has 1 aromatic rings. The van der Waals surface area contributed by atoms with Crippen LogP contribution in [0.2, 0.25) is 0 Å². The van der Waals surface area contributed by atoms with Gasteiger partial charge in [0, 0.05) is 19.7 Å². The fourth-order valence-electron chi connectivity index (χ4n) is 2.04. The molecule has 4 nitrogen and oxygen atoms in total. The molecule has 1 fully saturated rings. The first-order valence-corrected chi connectivity index (χ1v) is 5.45. The Hall–Kier alpha value is -1.16. The zero-order valence-electron chi connectivity index (χ0n) is 9.07. The molecule has 0 amide bonds. The van der Waals surface area contributed by atoms with Crippen LogP contribution in [0, 0.1) is 5.92 Å². The number of rotatable bonds is 4. The van der Waals surface area contributed by atoms with E-state index < -0.39 is 0 Å². The number of aryl methyl sites for hydroxylation is 1. The second kappa shape index (κ2) is 4.57. The summed E-state index contributed by atoms with van der Waals surface area (Å²) in [6, 6.07) is 1.91. The van der Waals surface area contributed by atoms with E-state index in [1.807, 2.05) is 19.3 Å². The van der Waals surface area contributed by atoms with Crippen LogP contribution in [-0.4, -0.2) is 28.7 Å². The Morgan fingerprint density at radius 3 is 3.20 bits per heavy atom. The summed E-state index contributed by atoms with van der Waals surface area (Å²) in [6.45, 7) is 2.05. The average molecular weight is 207 g/mol. The lowest BCUT2D eigenvalue weighted by Gasteiger charge is -2.05. The minimum atomic E-state index is 0.308. The van der Waals surface area contributed by atoms with Gasteiger partial charge in [0.05, 0.1) is 12.1 Å². The summed E-state index contributed by atoms with van der Waals surface area (Å²) in [5.74, 6) is 0.851. The van der Waals surface area contributed by atoms with Gasteiger partial charge in [0.1, 0.15) is 5.78 Å². The van der Waals surface area contributed by atoms with E-state index >= 15 is 0 Å². The van der Waals surface area contributed by atoms with Gasteiger partial charge in [-0.25, -0.2) is 0 Å². The van der Waals surface area contributed by atoms with Gasteiger partial charge in [0.15, 0.2) is 0 Å². The molecule has 1 unspecified atom stereocenters. The third kappa shape index (κ3) is 2.89. The molecule has 0 aromatic carbocycles. The number of Topliss-reactive ketones (excluding diaryl/α,β-unsaturated/α-hetero) is 1. The highest BCUT2D eigenvalue weighted by atomic mass is 16.1. The van der Waals surface area contributed by atoms with Crippen LogP contribution < -0.4 is 5.32 Å². The van der Waals surface area contributed by atoms with E-state index in [1.165, 1.54) is 0 Å². The third-order valence-corrected chi connectivity index (χ3v) is 2.83. The van der Waals surface area contributed by atoms with Gasteiger partial charge in [0.2, 0.25) is 0 Å². The number of carbonyl (C=O) groups excluding carboxylic acids is 1. The summed E-state index contributed by atoms with van der Waals surface area (Å²) in [7, 11) is 1.87. The van der Waals surface area contributed by atoms with Gasteiger partial charge in [-0.2, -0.15) is 5.10 Å². The molecule has 82 valence electrons. The zero-order valence-corrected chi connectivity index (χ0v) is 9.07. The maximum atomic E-state index is 11.7. The van der Waals surface area contributed by atoms with E-state index in [1.54, 1.807) is 4.68 Å². The lowest BCUT2D eigenvalue weighted by Crippen LogP contribution is -2.14. The highest BCUT2D eigenvalue weighted by molar-refractivity contribution is 5.80. The van der Waals surface area contributed by atoms with Crippen LogP contribution in [0.3, 0.4) is 0 Å². The lowest BCUT2D eigenvalue weighted by molar-refractivity contribution is -0.119. The molecule has 1 aliphatic rings. The molecule has 1 aromatic heterocycles. The van der Waals surface area contributed by atoms with Crippen molar-refractivity contribution in [1.29, 1.82) is 0 Å². The largest absolute Gasteiger partial charge is 0.316 e. The molecule has 2 heterocycles. The first kappa shape index (κ1) is 10.4. The number of carbonyl (C=O) groups is 1. The smallest absolute Gasteiger partial charge is 0.139 e. The Labute approximate surface area is 89.7 Å². The second-order valence-electron chi connectivity index (χ2n) is 4.26. The predicted octanol–water partition coefficient (Wildman–Crippen LogP) is 0.531. The van der Waals surface area contributed by atoms with Crippen LogP contribution in [0.4, 0.5) is 0 Å². The highest BCUT2D eigenvalue weighted by Gasteiger charge is 2.18. The van der Waals surface area contributed by atoms with E-state index in [-0.39, 0.29) is 0 Å². The Kier molecular flexibility index (Phi) is 3.16. The van der Waals surface area contributed by atoms with Crippen LogP contribution >= 0.6 is 0 Å². The number of hydrogen-bond donors (Lipinski definition) is 1. The molecule has 1 atom stereocenters. The molecule has 0 saturated carbocycles. The Morgan fingerprint density at radius 2 is 2.60 bits per heavy atom. The summed E-state index contributed by atoms with van der Waals surface area (Å²) in [6.07, 6.45) is 4.19. The van der Waals surface area contributed by atoms with Gasteiger partial charge in [-0.1, -0.05) is 0 Å². The second-order valence-corrected chi connectivity index (χ2v) is 4.26. The summed E-state index contributed by atoms with van der Waals surface area (Å²) in [5, 5.41) is 7.48. The lowest BCUT2D eigenvalue weighted by atomic mass is 10.00. The van der Waals surface area contributed by atoms with E-state index in [0.717, 1.165) is 25.2 Å². The molecule has 0 radical (unpaired) electrons. The standard InChI is InChI=1S/C11H17N3O/c1-14-5-3-10(13-14)7-11(15)6-9-2-4-12-8-9/h3,5,9,12H,2,4,6-8H2,1H3. The Balaban J connectivity index is 1.81. The van der Waals surface area contributed by atoms with Gasteiger partial charge in [0.25, 0.3) is 0 Å². The number of ketones is 1. The van der Waals surface area contributed by atoms with Crippen LogP contribution in [0.1, 0.15) is 18.5 Å². The quantitative estimate of drug-likeness (QED) is 0.783. The SMILES string of the molecule is Cn1ccc(CC(=O)CC2CCNC2)n1. The molecule has 1 N–H and O–H groups in total. The maximum Gasteiger partial charge on any atom is 0.139 e. The van der Waals surface area contributed by atoms with Gasteiger partial charge < -0.3 is 5.32 Å². The molecule has 0 aliphatic carbocycles. The molecule has 15 heavy (non-hydrogen) atoms. The van der Waals surface area contributed by atoms with Crippen molar-refractivity contribution >= 4 is 5.78 Å². The fourth-order valence-corrected chi connectivity index (χ4v) is 2.04. The molecule has 2 rings (SSSR count). The average Bonchev–Trinajstić information content (AvgIpc) is 2.77. The normalized spacial score (nSPS) is 20.7. The Morgan fingerprint density at radius 1 is 1.73 bits per heavy atom. The van der Waals surface area contributed by atoms with E-state index in [0.29, 0.717) is 24.5 Å². The van der Waals surface area contributed by atoms with Crippen LogP contribution in [0.15, 0.2) is 12.3 Å². The van der Waals surface area contributed by atoms with Crippen molar-refractivity contribution in [3.05, 3.63) is 18.0 Å². The van der Waals surface area contributed by atoms with Crippen molar-refractivity contribution in [2.24, 2.45) is 13.0 Å². The number of aromatic nitrogens is 2. The third-order valence-electron chi connectivity index (χ3n) is 2.83. The van der Waals surface area contributed by atoms with Crippen LogP contribution in [-0.2, 0) is 18.3 Å². The van der Waals surface area contributed by atoms with E-state index in [2.05, 4.69) is 10.4 Å². The molecule has 4 heteroatoms. The van der Waals surface area contributed by atoms with Crippen LogP contribution in [0.25, 0.3) is 0 Å². The van der Waals surface area contributed by atoms with E-state index in [9.17, 15) is 4.79 Å². The van der Waals surface area contributed by atoms with Gasteiger partial charge in [-0.15, -0.1) is 0 Å². The minimum absolute atomic E-state index is 0.308. The summed E-state index contributed by atoms with van der Waals surface area (Å²) in [5.41, 5.74) is 0.883. The monoisotopic (exact) mass is 207 g/mol. The summed E-state index contributed by atoms with van der Waals surface area (Å²) in [4.78, 5) is 11.7. The minimum Gasteiger partial charge on any atom is -0.316 e. The first-order chi connectivity index (χ1) is 7.24. The van der Waals surface area contributed by atoms with Gasteiger partial charge in [-0.05, 0) is 31.5 Å².